The molecule has 1 aromatic rings. The number of hydrogen-bond acceptors (Lipinski definition) is 3. The van der Waals surface area contributed by atoms with Crippen LogP contribution in [0.5, 0.6) is 5.75 Å². The summed E-state index contributed by atoms with van der Waals surface area (Å²) in [6.07, 6.45) is 5.85. The van der Waals surface area contributed by atoms with Crippen LogP contribution in [0.1, 0.15) is 5.56 Å². The lowest BCUT2D eigenvalue weighted by molar-refractivity contribution is 0.415. The van der Waals surface area contributed by atoms with Crippen molar-refractivity contribution in [2.24, 2.45) is 0 Å². The van der Waals surface area contributed by atoms with Crippen molar-refractivity contribution in [2.45, 2.75) is 0 Å². The van der Waals surface area contributed by atoms with E-state index in [0.29, 0.717) is 0 Å². The Morgan fingerprint density at radius 3 is 2.33 bits per heavy atom. The molecule has 0 amide bonds. The lowest BCUT2D eigenvalue weighted by Gasteiger charge is -2.02. The molecule has 1 aliphatic heterocycles. The van der Waals surface area contributed by atoms with Gasteiger partial charge in [0.05, 0.1) is 7.11 Å². The summed E-state index contributed by atoms with van der Waals surface area (Å²) in [5.41, 5.74) is 2.28. The molecule has 0 unspecified atom stereocenters. The summed E-state index contributed by atoms with van der Waals surface area (Å²) in [6.45, 7) is 7.60. The van der Waals surface area contributed by atoms with Crippen molar-refractivity contribution < 1.29 is 4.74 Å². The van der Waals surface area contributed by atoms with Crippen molar-refractivity contribution in [3.8, 4) is 5.75 Å². The van der Waals surface area contributed by atoms with Crippen LogP contribution in [0, 0.1) is 0 Å². The van der Waals surface area contributed by atoms with Crippen LogP contribution in [0.15, 0.2) is 66.1 Å². The van der Waals surface area contributed by atoms with E-state index in [1.54, 1.807) is 28.7 Å². The van der Waals surface area contributed by atoms with Gasteiger partial charge in [-0.15, -0.1) is 0 Å². The molecule has 2 rings (SSSR count). The predicted octanol–water partition coefficient (Wildman–Crippen LogP) is 5.06. The van der Waals surface area contributed by atoms with Crippen LogP contribution in [-0.2, 0) is 0 Å². The van der Waals surface area contributed by atoms with Crippen LogP contribution >= 0.6 is 21.6 Å². The van der Waals surface area contributed by atoms with Crippen LogP contribution in [0.2, 0.25) is 0 Å². The third-order valence-electron chi connectivity index (χ3n) is 2.58. The summed E-state index contributed by atoms with van der Waals surface area (Å²) in [7, 11) is 5.18. The molecule has 1 heterocycles. The molecule has 0 radical (unpaired) electrons. The fourth-order valence-corrected chi connectivity index (χ4v) is 4.05. The van der Waals surface area contributed by atoms with Gasteiger partial charge in [-0.25, -0.2) is 0 Å². The quantitative estimate of drug-likeness (QED) is 0.710. The van der Waals surface area contributed by atoms with Gasteiger partial charge in [0.1, 0.15) is 5.75 Å². The van der Waals surface area contributed by atoms with E-state index in [-0.39, 0.29) is 0 Å². The molecule has 92 valence electrons. The first-order chi connectivity index (χ1) is 8.78. The zero-order valence-electron chi connectivity index (χ0n) is 10.2. The molecule has 18 heavy (non-hydrogen) atoms. The van der Waals surface area contributed by atoms with Crippen LogP contribution in [-0.4, -0.2) is 7.11 Å². The predicted molar refractivity (Wildman–Crippen MR) is 83.6 cm³/mol. The zero-order chi connectivity index (χ0) is 13.0. The highest BCUT2D eigenvalue weighted by atomic mass is 33.1. The number of ether oxygens (including phenoxy) is 1. The van der Waals surface area contributed by atoms with E-state index in [1.807, 2.05) is 24.3 Å². The SMILES string of the molecule is C=CC(C=C)=C1C=C(c2ccc(OC)cc2)SS1. The van der Waals surface area contributed by atoms with Gasteiger partial charge >= 0.3 is 0 Å². The fourth-order valence-electron chi connectivity index (χ4n) is 1.56. The molecule has 1 nitrogen and oxygen atoms in total. The van der Waals surface area contributed by atoms with Crippen LogP contribution < -0.4 is 4.74 Å². The second-order valence-electron chi connectivity index (χ2n) is 3.63. The summed E-state index contributed by atoms with van der Waals surface area (Å²) in [4.78, 5) is 2.45. The largest absolute Gasteiger partial charge is 0.497 e. The molecule has 0 fully saturated rings. The normalized spacial score (nSPS) is 14.1. The average Bonchev–Trinajstić information content (AvgIpc) is 2.90. The molecule has 0 atom stereocenters. The molecule has 0 saturated heterocycles. The first kappa shape index (κ1) is 13.1. The Kier molecular flexibility index (Phi) is 4.39. The highest BCUT2D eigenvalue weighted by molar-refractivity contribution is 8.82. The van der Waals surface area contributed by atoms with Gasteiger partial charge in [-0.2, -0.15) is 0 Å². The minimum atomic E-state index is 0.878. The zero-order valence-corrected chi connectivity index (χ0v) is 11.8. The van der Waals surface area contributed by atoms with E-state index < -0.39 is 0 Å². The lowest BCUT2D eigenvalue weighted by Crippen LogP contribution is -1.82. The standard InChI is InChI=1S/C15H14OS2/c1-4-11(5-2)14-10-15(18-17-14)12-6-8-13(16-3)9-7-12/h4-10H,1-2H2,3H3. The summed E-state index contributed by atoms with van der Waals surface area (Å²) in [6, 6.07) is 8.10. The Morgan fingerprint density at radius 2 is 1.78 bits per heavy atom. The van der Waals surface area contributed by atoms with Gasteiger partial charge in [-0.05, 0) is 29.3 Å². The van der Waals surface area contributed by atoms with Crippen molar-refractivity contribution in [3.63, 3.8) is 0 Å². The van der Waals surface area contributed by atoms with E-state index in [2.05, 4.69) is 31.4 Å². The summed E-state index contributed by atoms with van der Waals surface area (Å²) in [5.74, 6) is 0.878. The van der Waals surface area contributed by atoms with Gasteiger partial charge in [-0.1, -0.05) is 59.0 Å². The van der Waals surface area contributed by atoms with Crippen molar-refractivity contribution in [1.82, 2.24) is 0 Å². The maximum Gasteiger partial charge on any atom is 0.118 e. The molecular weight excluding hydrogens is 260 g/mol. The molecule has 0 saturated carbocycles. The van der Waals surface area contributed by atoms with Crippen molar-refractivity contribution >= 4 is 26.5 Å². The van der Waals surface area contributed by atoms with E-state index in [0.717, 1.165) is 11.3 Å². The molecule has 3 heteroatoms. The van der Waals surface area contributed by atoms with E-state index >= 15 is 0 Å². The smallest absolute Gasteiger partial charge is 0.118 e. The average molecular weight is 274 g/mol. The van der Waals surface area contributed by atoms with E-state index in [1.165, 1.54) is 15.4 Å². The maximum absolute atomic E-state index is 5.16. The second-order valence-corrected chi connectivity index (χ2v) is 5.84. The van der Waals surface area contributed by atoms with Gasteiger partial charge in [0.15, 0.2) is 0 Å². The first-order valence-electron chi connectivity index (χ1n) is 5.48. The van der Waals surface area contributed by atoms with Gasteiger partial charge in [0.25, 0.3) is 0 Å². The molecule has 0 aromatic heterocycles. The Labute approximate surface area is 116 Å². The molecule has 0 N–H and O–H groups in total. The lowest BCUT2D eigenvalue weighted by atomic mass is 10.1. The number of rotatable bonds is 4. The Hall–Kier alpha value is -1.32. The Bertz CT molecular complexity index is 514. The van der Waals surface area contributed by atoms with Gasteiger partial charge in [-0.3, -0.25) is 0 Å². The van der Waals surface area contributed by atoms with Crippen molar-refractivity contribution in [3.05, 3.63) is 71.7 Å². The third-order valence-corrected chi connectivity index (χ3v) is 5.06. The molecule has 0 bridgehead atoms. The van der Waals surface area contributed by atoms with E-state index in [9.17, 15) is 0 Å². The highest BCUT2D eigenvalue weighted by Gasteiger charge is 2.14. The maximum atomic E-state index is 5.16. The summed E-state index contributed by atoms with van der Waals surface area (Å²) >= 11 is 0. The van der Waals surface area contributed by atoms with Crippen LogP contribution in [0.25, 0.3) is 4.91 Å². The Morgan fingerprint density at radius 1 is 1.11 bits per heavy atom. The third kappa shape index (κ3) is 2.74. The fraction of sp³-hybridized carbons (Fsp3) is 0.0667. The molecule has 0 spiro atoms. The van der Waals surface area contributed by atoms with Gasteiger partial charge in [0.2, 0.25) is 0 Å². The topological polar surface area (TPSA) is 9.23 Å². The summed E-state index contributed by atoms with van der Waals surface area (Å²) in [5, 5.41) is 0. The van der Waals surface area contributed by atoms with E-state index in [4.69, 9.17) is 4.74 Å². The van der Waals surface area contributed by atoms with Crippen LogP contribution in [0.4, 0.5) is 0 Å². The monoisotopic (exact) mass is 274 g/mol. The second kappa shape index (κ2) is 6.03. The highest BCUT2D eigenvalue weighted by Crippen LogP contribution is 2.50. The van der Waals surface area contributed by atoms with Crippen molar-refractivity contribution in [2.75, 3.05) is 7.11 Å². The molecule has 1 aromatic carbocycles. The number of methoxy groups -OCH3 is 1. The Balaban J connectivity index is 2.30. The van der Waals surface area contributed by atoms with Gasteiger partial charge in [0, 0.05) is 9.81 Å². The first-order valence-corrected chi connectivity index (χ1v) is 7.63. The number of benzene rings is 1. The molecule has 0 aliphatic carbocycles. The van der Waals surface area contributed by atoms with Crippen LogP contribution in [0.3, 0.4) is 0 Å². The summed E-state index contributed by atoms with van der Waals surface area (Å²) < 4.78 is 5.16. The minimum absolute atomic E-state index is 0.878. The number of allylic oxidation sites excluding steroid dienone is 4. The number of hydrogen-bond donors (Lipinski definition) is 0. The molecular formula is C15H14OS2. The minimum Gasteiger partial charge on any atom is -0.497 e. The van der Waals surface area contributed by atoms with Gasteiger partial charge < -0.3 is 4.74 Å². The molecule has 1 aliphatic rings. The van der Waals surface area contributed by atoms with Crippen molar-refractivity contribution in [1.29, 1.82) is 0 Å².